The van der Waals surface area contributed by atoms with Gasteiger partial charge in [-0.2, -0.15) is 0 Å². The summed E-state index contributed by atoms with van der Waals surface area (Å²) in [6.07, 6.45) is 0.266. The Labute approximate surface area is 127 Å². The van der Waals surface area contributed by atoms with Crippen molar-refractivity contribution in [2.24, 2.45) is 0 Å². The Kier molecular flexibility index (Phi) is 4.43. The van der Waals surface area contributed by atoms with Crippen LogP contribution in [0.5, 0.6) is 0 Å². The van der Waals surface area contributed by atoms with Gasteiger partial charge in [-0.25, -0.2) is 4.79 Å². The first-order valence-electron chi connectivity index (χ1n) is 6.67. The zero-order chi connectivity index (χ0) is 15.5. The zero-order valence-electron chi connectivity index (χ0n) is 11.9. The number of hydrogen-bond acceptors (Lipinski definition) is 3. The molecule has 1 heterocycles. The van der Waals surface area contributed by atoms with Gasteiger partial charge in [0.15, 0.2) is 5.54 Å². The van der Waals surface area contributed by atoms with Crippen LogP contribution in [-0.2, 0) is 10.3 Å². The maximum Gasteiger partial charge on any atom is 0.334 e. The first-order valence-corrected chi connectivity index (χ1v) is 7.49. The van der Waals surface area contributed by atoms with Gasteiger partial charge in [0, 0.05) is 4.88 Å². The van der Waals surface area contributed by atoms with Crippen LogP contribution in [-0.4, -0.2) is 17.0 Å². The van der Waals surface area contributed by atoms with Gasteiger partial charge in [0.1, 0.15) is 0 Å². The Bertz CT molecular complexity index is 651. The molecule has 0 aliphatic rings. The fourth-order valence-corrected chi connectivity index (χ4v) is 2.99. The van der Waals surface area contributed by atoms with Crippen LogP contribution < -0.4 is 5.32 Å². The highest BCUT2D eigenvalue weighted by Gasteiger charge is 2.40. The van der Waals surface area contributed by atoms with Crippen molar-refractivity contribution in [2.45, 2.75) is 25.8 Å². The Morgan fingerprint density at radius 1 is 1.19 bits per heavy atom. The van der Waals surface area contributed by atoms with Crippen LogP contribution in [0.3, 0.4) is 0 Å². The summed E-state index contributed by atoms with van der Waals surface area (Å²) in [5.41, 5.74) is -0.836. The maximum absolute atomic E-state index is 12.3. The number of aliphatic carboxylic acids is 1. The highest BCUT2D eigenvalue weighted by Crippen LogP contribution is 2.27. The number of carboxylic acids is 1. The molecule has 1 aromatic carbocycles. The molecular weight excluding hydrogens is 286 g/mol. The molecule has 0 radical (unpaired) electrons. The first-order chi connectivity index (χ1) is 9.99. The summed E-state index contributed by atoms with van der Waals surface area (Å²) in [5.74, 6) is -1.42. The average Bonchev–Trinajstić information content (AvgIpc) is 2.92. The zero-order valence-corrected chi connectivity index (χ0v) is 12.7. The second-order valence-electron chi connectivity index (χ2n) is 4.79. The molecule has 2 N–H and O–H groups in total. The van der Waals surface area contributed by atoms with E-state index in [0.717, 1.165) is 4.88 Å². The molecule has 0 bridgehead atoms. The minimum atomic E-state index is -1.41. The lowest BCUT2D eigenvalue weighted by Gasteiger charge is -2.29. The smallest absolute Gasteiger partial charge is 0.334 e. The van der Waals surface area contributed by atoms with E-state index in [1.54, 1.807) is 37.3 Å². The molecule has 0 spiro atoms. The van der Waals surface area contributed by atoms with Crippen LogP contribution in [0.15, 0.2) is 42.5 Å². The van der Waals surface area contributed by atoms with Crippen molar-refractivity contribution < 1.29 is 14.7 Å². The minimum Gasteiger partial charge on any atom is -0.479 e. The lowest BCUT2D eigenvalue weighted by Crippen LogP contribution is -2.51. The van der Waals surface area contributed by atoms with Crippen LogP contribution in [0, 0.1) is 6.92 Å². The van der Waals surface area contributed by atoms with Gasteiger partial charge in [-0.15, -0.1) is 11.3 Å². The summed E-state index contributed by atoms with van der Waals surface area (Å²) < 4.78 is 0. The van der Waals surface area contributed by atoms with Gasteiger partial charge in [-0.05, 0) is 31.0 Å². The van der Waals surface area contributed by atoms with Crippen LogP contribution in [0.4, 0.5) is 0 Å². The van der Waals surface area contributed by atoms with E-state index in [9.17, 15) is 14.7 Å². The molecule has 0 aliphatic heterocycles. The van der Waals surface area contributed by atoms with E-state index in [4.69, 9.17) is 0 Å². The van der Waals surface area contributed by atoms with Crippen LogP contribution in [0.1, 0.15) is 33.5 Å². The SMILES string of the molecule is CCC(NC(=O)c1ccc(C)s1)(C(=O)O)c1ccccc1. The molecule has 1 atom stereocenters. The Morgan fingerprint density at radius 3 is 2.33 bits per heavy atom. The van der Waals surface area contributed by atoms with Crippen LogP contribution in [0.2, 0.25) is 0 Å². The lowest BCUT2D eigenvalue weighted by molar-refractivity contribution is -0.145. The topological polar surface area (TPSA) is 66.4 Å². The molecule has 1 aromatic heterocycles. The van der Waals surface area contributed by atoms with Crippen molar-refractivity contribution in [3.63, 3.8) is 0 Å². The Hall–Kier alpha value is -2.14. The number of carbonyl (C=O) groups is 2. The first kappa shape index (κ1) is 15.3. The van der Waals surface area contributed by atoms with E-state index in [1.807, 2.05) is 19.1 Å². The third-order valence-corrected chi connectivity index (χ3v) is 4.45. The summed E-state index contributed by atoms with van der Waals surface area (Å²) in [6.45, 7) is 3.66. The lowest BCUT2D eigenvalue weighted by atomic mass is 9.87. The largest absolute Gasteiger partial charge is 0.479 e. The van der Waals surface area contributed by atoms with Crippen molar-refractivity contribution in [1.82, 2.24) is 5.32 Å². The van der Waals surface area contributed by atoms with Gasteiger partial charge in [0.2, 0.25) is 0 Å². The molecule has 4 nitrogen and oxygen atoms in total. The molecule has 2 rings (SSSR count). The third-order valence-electron chi connectivity index (χ3n) is 3.45. The second-order valence-corrected chi connectivity index (χ2v) is 6.08. The standard InChI is InChI=1S/C16H17NO3S/c1-3-16(15(19)20,12-7-5-4-6-8-12)17-14(18)13-10-9-11(2)21-13/h4-10H,3H2,1-2H3,(H,17,18)(H,19,20). The van der Waals surface area contributed by atoms with Crippen molar-refractivity contribution in [2.75, 3.05) is 0 Å². The molecular formula is C16H17NO3S. The number of carboxylic acid groups (broad SMARTS) is 1. The number of thiophene rings is 1. The summed E-state index contributed by atoms with van der Waals surface area (Å²) in [6, 6.07) is 12.3. The highest BCUT2D eigenvalue weighted by atomic mass is 32.1. The van der Waals surface area contributed by atoms with Gasteiger partial charge in [0.25, 0.3) is 5.91 Å². The summed E-state index contributed by atoms with van der Waals surface area (Å²) >= 11 is 1.35. The molecule has 21 heavy (non-hydrogen) atoms. The molecule has 0 saturated carbocycles. The second kappa shape index (κ2) is 6.10. The fraction of sp³-hybridized carbons (Fsp3) is 0.250. The summed E-state index contributed by atoms with van der Waals surface area (Å²) in [7, 11) is 0. The van der Waals surface area contributed by atoms with E-state index in [0.29, 0.717) is 10.4 Å². The predicted octanol–water partition coefficient (Wildman–Crippen LogP) is 3.18. The number of benzene rings is 1. The van der Waals surface area contributed by atoms with Gasteiger partial charge < -0.3 is 10.4 Å². The number of nitrogens with one attached hydrogen (secondary N) is 1. The summed E-state index contributed by atoms with van der Waals surface area (Å²) in [4.78, 5) is 25.7. The average molecular weight is 303 g/mol. The fourth-order valence-electron chi connectivity index (χ4n) is 2.23. The highest BCUT2D eigenvalue weighted by molar-refractivity contribution is 7.13. The molecule has 0 saturated heterocycles. The summed E-state index contributed by atoms with van der Waals surface area (Å²) in [5, 5.41) is 12.4. The van der Waals surface area contributed by atoms with E-state index >= 15 is 0 Å². The monoisotopic (exact) mass is 303 g/mol. The van der Waals surface area contributed by atoms with Gasteiger partial charge in [-0.3, -0.25) is 4.79 Å². The molecule has 0 aliphatic carbocycles. The number of hydrogen-bond donors (Lipinski definition) is 2. The van der Waals surface area contributed by atoms with E-state index in [-0.39, 0.29) is 12.3 Å². The van der Waals surface area contributed by atoms with E-state index in [1.165, 1.54) is 11.3 Å². The maximum atomic E-state index is 12.3. The number of rotatable bonds is 5. The Balaban J connectivity index is 2.38. The molecule has 5 heteroatoms. The van der Waals surface area contributed by atoms with E-state index < -0.39 is 11.5 Å². The molecule has 110 valence electrons. The van der Waals surface area contributed by atoms with Crippen LogP contribution in [0.25, 0.3) is 0 Å². The van der Waals surface area contributed by atoms with Crippen molar-refractivity contribution in [3.8, 4) is 0 Å². The van der Waals surface area contributed by atoms with Crippen molar-refractivity contribution in [3.05, 3.63) is 57.8 Å². The number of amides is 1. The van der Waals surface area contributed by atoms with Crippen molar-refractivity contribution in [1.29, 1.82) is 0 Å². The quantitative estimate of drug-likeness (QED) is 0.891. The van der Waals surface area contributed by atoms with Crippen LogP contribution >= 0.6 is 11.3 Å². The third kappa shape index (κ3) is 2.97. The molecule has 2 aromatic rings. The van der Waals surface area contributed by atoms with Gasteiger partial charge in [-0.1, -0.05) is 37.3 Å². The normalized spacial score (nSPS) is 13.4. The predicted molar refractivity (Wildman–Crippen MR) is 82.6 cm³/mol. The molecule has 1 amide bonds. The van der Waals surface area contributed by atoms with Crippen molar-refractivity contribution >= 4 is 23.2 Å². The molecule has 1 unspecified atom stereocenters. The van der Waals surface area contributed by atoms with E-state index in [2.05, 4.69) is 5.32 Å². The Morgan fingerprint density at radius 2 is 1.86 bits per heavy atom. The van der Waals surface area contributed by atoms with Gasteiger partial charge >= 0.3 is 5.97 Å². The minimum absolute atomic E-state index is 0.266. The number of aryl methyl sites for hydroxylation is 1. The van der Waals surface area contributed by atoms with Gasteiger partial charge in [0.05, 0.1) is 4.88 Å². The molecule has 0 fully saturated rings. The number of carbonyl (C=O) groups excluding carboxylic acids is 1.